The lowest BCUT2D eigenvalue weighted by atomic mass is 9.91. The van der Waals surface area contributed by atoms with E-state index in [2.05, 4.69) is 19.2 Å². The Kier molecular flexibility index (Phi) is 7.55. The summed E-state index contributed by atoms with van der Waals surface area (Å²) in [4.78, 5) is 0. The van der Waals surface area contributed by atoms with Crippen LogP contribution in [0.15, 0.2) is 18.2 Å². The zero-order valence-electron chi connectivity index (χ0n) is 12.9. The Bertz CT molecular complexity index is 398. The molecule has 0 amide bonds. The van der Waals surface area contributed by atoms with Crippen molar-refractivity contribution in [3.05, 3.63) is 29.6 Å². The predicted octanol–water partition coefficient (Wildman–Crippen LogP) is 3.55. The highest BCUT2D eigenvalue weighted by Crippen LogP contribution is 2.28. The van der Waals surface area contributed by atoms with Crippen molar-refractivity contribution < 1.29 is 13.9 Å². The van der Waals surface area contributed by atoms with Crippen molar-refractivity contribution in [3.8, 4) is 5.75 Å². The topological polar surface area (TPSA) is 30.5 Å². The maximum absolute atomic E-state index is 13.5. The quantitative estimate of drug-likeness (QED) is 0.752. The van der Waals surface area contributed by atoms with Gasteiger partial charge in [-0.05, 0) is 43.0 Å². The second-order valence-electron chi connectivity index (χ2n) is 5.08. The molecule has 0 radical (unpaired) electrons. The van der Waals surface area contributed by atoms with E-state index in [1.54, 1.807) is 13.2 Å². The average molecular weight is 283 g/mol. The lowest BCUT2D eigenvalue weighted by Crippen LogP contribution is -2.28. The largest absolute Gasteiger partial charge is 0.494 e. The molecular weight excluding hydrogens is 257 g/mol. The third-order valence-electron chi connectivity index (χ3n) is 3.49. The third-order valence-corrected chi connectivity index (χ3v) is 3.49. The first kappa shape index (κ1) is 16.9. The number of methoxy groups -OCH3 is 2. The van der Waals surface area contributed by atoms with Gasteiger partial charge in [-0.2, -0.15) is 0 Å². The summed E-state index contributed by atoms with van der Waals surface area (Å²) >= 11 is 0. The first-order valence-corrected chi connectivity index (χ1v) is 7.19. The molecule has 0 aliphatic heterocycles. The predicted molar refractivity (Wildman–Crippen MR) is 79.6 cm³/mol. The Labute approximate surface area is 121 Å². The van der Waals surface area contributed by atoms with Gasteiger partial charge in [0.1, 0.15) is 0 Å². The van der Waals surface area contributed by atoms with Crippen molar-refractivity contribution in [3.63, 3.8) is 0 Å². The first-order chi connectivity index (χ1) is 9.63. The Hall–Kier alpha value is -1.13. The second-order valence-corrected chi connectivity index (χ2v) is 5.08. The highest BCUT2D eigenvalue weighted by Gasteiger charge is 2.20. The van der Waals surface area contributed by atoms with E-state index in [-0.39, 0.29) is 11.9 Å². The van der Waals surface area contributed by atoms with Crippen LogP contribution in [0.25, 0.3) is 0 Å². The molecule has 2 unspecified atom stereocenters. The molecule has 1 N–H and O–H groups in total. The second kappa shape index (κ2) is 8.93. The van der Waals surface area contributed by atoms with Crippen molar-refractivity contribution in [2.45, 2.75) is 32.7 Å². The van der Waals surface area contributed by atoms with Gasteiger partial charge >= 0.3 is 0 Å². The Morgan fingerprint density at radius 2 is 2.05 bits per heavy atom. The van der Waals surface area contributed by atoms with Crippen LogP contribution in [0.1, 0.15) is 38.3 Å². The molecule has 2 atom stereocenters. The molecule has 0 spiro atoms. The summed E-state index contributed by atoms with van der Waals surface area (Å²) in [5.74, 6) is 0.372. The molecule has 4 heteroatoms. The number of hydrogen-bond donors (Lipinski definition) is 1. The monoisotopic (exact) mass is 283 g/mol. The molecule has 114 valence electrons. The van der Waals surface area contributed by atoms with Crippen molar-refractivity contribution in [2.24, 2.45) is 5.92 Å². The molecule has 0 aromatic heterocycles. The number of hydrogen-bond acceptors (Lipinski definition) is 3. The molecule has 0 heterocycles. The lowest BCUT2D eigenvalue weighted by Gasteiger charge is -2.26. The molecule has 1 aromatic rings. The van der Waals surface area contributed by atoms with Gasteiger partial charge in [-0.3, -0.25) is 0 Å². The van der Waals surface area contributed by atoms with Gasteiger partial charge in [0.05, 0.1) is 7.11 Å². The van der Waals surface area contributed by atoms with E-state index in [1.807, 2.05) is 6.07 Å². The maximum atomic E-state index is 13.5. The zero-order valence-corrected chi connectivity index (χ0v) is 12.9. The molecule has 20 heavy (non-hydrogen) atoms. The van der Waals surface area contributed by atoms with Gasteiger partial charge in [0.2, 0.25) is 0 Å². The normalized spacial score (nSPS) is 14.1. The maximum Gasteiger partial charge on any atom is 0.165 e. The number of halogens is 1. The SMILES string of the molecule is CCCNC(c1ccc(F)c(OC)c1)C(C)CCOC. The van der Waals surface area contributed by atoms with Crippen LogP contribution in [0, 0.1) is 11.7 Å². The molecule has 0 aliphatic rings. The average Bonchev–Trinajstić information content (AvgIpc) is 2.46. The van der Waals surface area contributed by atoms with Gasteiger partial charge in [0.25, 0.3) is 0 Å². The highest BCUT2D eigenvalue weighted by molar-refractivity contribution is 5.32. The standard InChI is InChI=1S/C16H26FNO2/c1-5-9-18-16(12(2)8-10-19-3)13-6-7-14(17)15(11-13)20-4/h6-7,11-12,16,18H,5,8-10H2,1-4H3. The molecule has 0 aliphatic carbocycles. The minimum Gasteiger partial charge on any atom is -0.494 e. The van der Waals surface area contributed by atoms with E-state index >= 15 is 0 Å². The minimum absolute atomic E-state index is 0.180. The molecule has 0 bridgehead atoms. The van der Waals surface area contributed by atoms with Gasteiger partial charge in [0.15, 0.2) is 11.6 Å². The molecule has 1 aromatic carbocycles. The van der Waals surface area contributed by atoms with Gasteiger partial charge < -0.3 is 14.8 Å². The molecule has 3 nitrogen and oxygen atoms in total. The van der Waals surface area contributed by atoms with Crippen LogP contribution in [0.5, 0.6) is 5.75 Å². The summed E-state index contributed by atoms with van der Waals surface area (Å²) in [6, 6.07) is 5.26. The van der Waals surface area contributed by atoms with E-state index in [4.69, 9.17) is 9.47 Å². The molecule has 0 saturated carbocycles. The Morgan fingerprint density at radius 1 is 1.30 bits per heavy atom. The fourth-order valence-corrected chi connectivity index (χ4v) is 2.29. The summed E-state index contributed by atoms with van der Waals surface area (Å²) < 4.78 is 23.8. The van der Waals surface area contributed by atoms with Crippen LogP contribution in [0.2, 0.25) is 0 Å². The van der Waals surface area contributed by atoms with Crippen LogP contribution in [0.4, 0.5) is 4.39 Å². The highest BCUT2D eigenvalue weighted by atomic mass is 19.1. The van der Waals surface area contributed by atoms with E-state index in [9.17, 15) is 4.39 Å². The number of ether oxygens (including phenoxy) is 2. The van der Waals surface area contributed by atoms with E-state index in [0.717, 1.165) is 31.6 Å². The summed E-state index contributed by atoms with van der Waals surface area (Å²) in [6.45, 7) is 5.97. The summed E-state index contributed by atoms with van der Waals surface area (Å²) in [6.07, 6.45) is 2.02. The van der Waals surface area contributed by atoms with Crippen LogP contribution in [-0.2, 0) is 4.74 Å². The van der Waals surface area contributed by atoms with Crippen LogP contribution in [0.3, 0.4) is 0 Å². The summed E-state index contributed by atoms with van der Waals surface area (Å²) in [5.41, 5.74) is 1.06. The fourth-order valence-electron chi connectivity index (χ4n) is 2.29. The van der Waals surface area contributed by atoms with E-state index < -0.39 is 0 Å². The molecule has 0 fully saturated rings. The van der Waals surface area contributed by atoms with Crippen molar-refractivity contribution in [2.75, 3.05) is 27.4 Å². The summed E-state index contributed by atoms with van der Waals surface area (Å²) in [7, 11) is 3.20. The molecule has 0 saturated heterocycles. The number of rotatable bonds is 9. The number of benzene rings is 1. The Balaban J connectivity index is 2.91. The van der Waals surface area contributed by atoms with E-state index in [0.29, 0.717) is 11.7 Å². The van der Waals surface area contributed by atoms with Gasteiger partial charge in [-0.1, -0.05) is 19.9 Å². The summed E-state index contributed by atoms with van der Waals surface area (Å²) in [5, 5.41) is 3.53. The van der Waals surface area contributed by atoms with Crippen LogP contribution in [-0.4, -0.2) is 27.4 Å². The van der Waals surface area contributed by atoms with Crippen LogP contribution < -0.4 is 10.1 Å². The van der Waals surface area contributed by atoms with E-state index in [1.165, 1.54) is 13.2 Å². The van der Waals surface area contributed by atoms with Crippen molar-refractivity contribution in [1.29, 1.82) is 0 Å². The molecule has 1 rings (SSSR count). The number of nitrogens with one attached hydrogen (secondary N) is 1. The fraction of sp³-hybridized carbons (Fsp3) is 0.625. The lowest BCUT2D eigenvalue weighted by molar-refractivity contribution is 0.170. The third kappa shape index (κ3) is 4.76. The Morgan fingerprint density at radius 3 is 2.65 bits per heavy atom. The first-order valence-electron chi connectivity index (χ1n) is 7.19. The molecular formula is C16H26FNO2. The van der Waals surface area contributed by atoms with Gasteiger partial charge in [-0.25, -0.2) is 4.39 Å². The minimum atomic E-state index is -0.324. The van der Waals surface area contributed by atoms with Crippen LogP contribution >= 0.6 is 0 Å². The van der Waals surface area contributed by atoms with Crippen molar-refractivity contribution >= 4 is 0 Å². The smallest absolute Gasteiger partial charge is 0.165 e. The zero-order chi connectivity index (χ0) is 15.0. The van der Waals surface area contributed by atoms with Gasteiger partial charge in [-0.15, -0.1) is 0 Å². The van der Waals surface area contributed by atoms with Crippen molar-refractivity contribution in [1.82, 2.24) is 5.32 Å². The van der Waals surface area contributed by atoms with Gasteiger partial charge in [0, 0.05) is 19.8 Å².